The van der Waals surface area contributed by atoms with E-state index in [0.717, 1.165) is 6.42 Å². The Balaban J connectivity index is 2.60. The molecule has 1 N–H and O–H groups in total. The monoisotopic (exact) mass is 243 g/mol. The molecule has 0 bridgehead atoms. The normalized spacial score (nSPS) is 12.7. The molecule has 0 aliphatic rings. The van der Waals surface area contributed by atoms with Crippen molar-refractivity contribution in [1.29, 1.82) is 0 Å². The van der Waals surface area contributed by atoms with Crippen molar-refractivity contribution in [2.24, 2.45) is 0 Å². The second-order valence-electron chi connectivity index (χ2n) is 3.96. The molecular formula is C13H19F2NO. The molecule has 1 aromatic carbocycles. The molecule has 0 aliphatic heterocycles. The zero-order chi connectivity index (χ0) is 12.7. The Morgan fingerprint density at radius 1 is 1.29 bits per heavy atom. The molecule has 2 nitrogen and oxygen atoms in total. The third kappa shape index (κ3) is 4.40. The molecule has 1 aromatic rings. The average Bonchev–Trinajstić information content (AvgIpc) is 2.32. The van der Waals surface area contributed by atoms with Crippen molar-refractivity contribution >= 4 is 0 Å². The molecule has 0 amide bonds. The van der Waals surface area contributed by atoms with E-state index < -0.39 is 11.6 Å². The summed E-state index contributed by atoms with van der Waals surface area (Å²) in [7, 11) is 1.76. The molecule has 0 fully saturated rings. The molecule has 0 spiro atoms. The quantitative estimate of drug-likeness (QED) is 0.743. The highest BCUT2D eigenvalue weighted by Crippen LogP contribution is 2.14. The lowest BCUT2D eigenvalue weighted by atomic mass is 10.1. The third-order valence-electron chi connectivity index (χ3n) is 2.59. The summed E-state index contributed by atoms with van der Waals surface area (Å²) in [5.41, 5.74) is 0.118. The van der Waals surface area contributed by atoms with Gasteiger partial charge in [0.25, 0.3) is 0 Å². The molecule has 1 rings (SSSR count). The summed E-state index contributed by atoms with van der Waals surface area (Å²) in [4.78, 5) is 0. The van der Waals surface area contributed by atoms with Gasteiger partial charge in [-0.3, -0.25) is 0 Å². The van der Waals surface area contributed by atoms with Crippen LogP contribution >= 0.6 is 0 Å². The van der Waals surface area contributed by atoms with Crippen molar-refractivity contribution < 1.29 is 13.5 Å². The number of hydrogen-bond donors (Lipinski definition) is 1. The van der Waals surface area contributed by atoms with E-state index >= 15 is 0 Å². The molecule has 1 atom stereocenters. The summed E-state index contributed by atoms with van der Waals surface area (Å²) in [6, 6.07) is 3.85. The number of nitrogens with one attached hydrogen (secondary N) is 1. The zero-order valence-electron chi connectivity index (χ0n) is 10.3. The molecule has 4 heteroatoms. The minimum atomic E-state index is -0.499. The number of likely N-dealkylation sites (N-methyl/N-ethyl adjacent to an activating group) is 1. The summed E-state index contributed by atoms with van der Waals surface area (Å²) >= 11 is 0. The summed E-state index contributed by atoms with van der Waals surface area (Å²) in [5.74, 6) is -0.999. The van der Waals surface area contributed by atoms with Gasteiger partial charge in [0.15, 0.2) is 0 Å². The number of halogens is 2. The van der Waals surface area contributed by atoms with Gasteiger partial charge < -0.3 is 10.1 Å². The third-order valence-corrected chi connectivity index (χ3v) is 2.59. The molecule has 0 saturated carbocycles. The lowest BCUT2D eigenvalue weighted by Crippen LogP contribution is -2.33. The topological polar surface area (TPSA) is 21.3 Å². The van der Waals surface area contributed by atoms with Crippen molar-refractivity contribution in [1.82, 2.24) is 5.32 Å². The van der Waals surface area contributed by atoms with Crippen molar-refractivity contribution in [2.45, 2.75) is 25.8 Å². The maximum Gasteiger partial charge on any atom is 0.129 e. The Kier molecular flexibility index (Phi) is 6.08. The summed E-state index contributed by atoms with van der Waals surface area (Å²) in [6.07, 6.45) is 1.23. The molecule has 96 valence electrons. The van der Waals surface area contributed by atoms with Gasteiger partial charge in [0.1, 0.15) is 11.6 Å². The fourth-order valence-corrected chi connectivity index (χ4v) is 1.59. The van der Waals surface area contributed by atoms with Crippen LogP contribution in [0.5, 0.6) is 0 Å². The van der Waals surface area contributed by atoms with Gasteiger partial charge in [-0.2, -0.15) is 0 Å². The van der Waals surface area contributed by atoms with E-state index in [1.165, 1.54) is 18.2 Å². The first-order valence-corrected chi connectivity index (χ1v) is 5.87. The Bertz CT molecular complexity index is 324. The average molecular weight is 243 g/mol. The van der Waals surface area contributed by atoms with Gasteiger partial charge in [-0.15, -0.1) is 0 Å². The maximum atomic E-state index is 13.4. The molecule has 0 aliphatic carbocycles. The number of rotatable bonds is 7. The number of ether oxygens (including phenoxy) is 1. The molecule has 0 saturated heterocycles. The summed E-state index contributed by atoms with van der Waals surface area (Å²) in [6.45, 7) is 3.14. The van der Waals surface area contributed by atoms with E-state index in [4.69, 9.17) is 4.74 Å². The SMILES string of the molecule is CCCOCC(Cc1c(F)cccc1F)NC. The largest absolute Gasteiger partial charge is 0.380 e. The van der Waals surface area contributed by atoms with Gasteiger partial charge in [0.2, 0.25) is 0 Å². The van der Waals surface area contributed by atoms with Crippen LogP contribution in [0, 0.1) is 11.6 Å². The molecule has 0 heterocycles. The van der Waals surface area contributed by atoms with E-state index in [1.807, 2.05) is 6.92 Å². The minimum Gasteiger partial charge on any atom is -0.380 e. The van der Waals surface area contributed by atoms with Crippen molar-refractivity contribution in [3.63, 3.8) is 0 Å². The molecular weight excluding hydrogens is 224 g/mol. The first kappa shape index (κ1) is 14.1. The van der Waals surface area contributed by atoms with E-state index in [0.29, 0.717) is 19.6 Å². The fourth-order valence-electron chi connectivity index (χ4n) is 1.59. The van der Waals surface area contributed by atoms with Crippen LogP contribution in [0.2, 0.25) is 0 Å². The fraction of sp³-hybridized carbons (Fsp3) is 0.538. The number of hydrogen-bond acceptors (Lipinski definition) is 2. The van der Waals surface area contributed by atoms with Gasteiger partial charge in [0, 0.05) is 18.2 Å². The van der Waals surface area contributed by atoms with Crippen molar-refractivity contribution in [2.75, 3.05) is 20.3 Å². The first-order valence-electron chi connectivity index (χ1n) is 5.87. The lowest BCUT2D eigenvalue weighted by Gasteiger charge is -2.17. The van der Waals surface area contributed by atoms with Crippen LogP contribution in [0.3, 0.4) is 0 Å². The highest BCUT2D eigenvalue weighted by molar-refractivity contribution is 5.20. The predicted octanol–water partition coefficient (Wildman–Crippen LogP) is 2.52. The maximum absolute atomic E-state index is 13.4. The summed E-state index contributed by atoms with van der Waals surface area (Å²) in [5, 5.41) is 3.01. The second kappa shape index (κ2) is 7.35. The van der Waals surface area contributed by atoms with Crippen LogP contribution in [0.1, 0.15) is 18.9 Å². The molecule has 17 heavy (non-hydrogen) atoms. The van der Waals surface area contributed by atoms with Crippen LogP contribution in [0.25, 0.3) is 0 Å². The Labute approximate surface area is 101 Å². The first-order chi connectivity index (χ1) is 8.19. The van der Waals surface area contributed by atoms with Crippen LogP contribution in [-0.4, -0.2) is 26.3 Å². The van der Waals surface area contributed by atoms with Crippen molar-refractivity contribution in [3.05, 3.63) is 35.4 Å². The molecule has 0 aromatic heterocycles. The smallest absolute Gasteiger partial charge is 0.129 e. The van der Waals surface area contributed by atoms with E-state index in [2.05, 4.69) is 5.32 Å². The van der Waals surface area contributed by atoms with E-state index in [-0.39, 0.29) is 11.6 Å². The lowest BCUT2D eigenvalue weighted by molar-refractivity contribution is 0.113. The molecule has 1 unspecified atom stereocenters. The Hall–Kier alpha value is -1.00. The van der Waals surface area contributed by atoms with E-state index in [1.54, 1.807) is 7.05 Å². The van der Waals surface area contributed by atoms with Crippen LogP contribution in [0.15, 0.2) is 18.2 Å². The highest BCUT2D eigenvalue weighted by atomic mass is 19.1. The van der Waals surface area contributed by atoms with Crippen LogP contribution in [0.4, 0.5) is 8.78 Å². The zero-order valence-corrected chi connectivity index (χ0v) is 10.3. The highest BCUT2D eigenvalue weighted by Gasteiger charge is 2.14. The van der Waals surface area contributed by atoms with Gasteiger partial charge in [-0.05, 0) is 32.0 Å². The Morgan fingerprint density at radius 2 is 1.94 bits per heavy atom. The number of benzene rings is 1. The predicted molar refractivity (Wildman–Crippen MR) is 64.0 cm³/mol. The van der Waals surface area contributed by atoms with Gasteiger partial charge in [0.05, 0.1) is 6.61 Å². The Morgan fingerprint density at radius 3 is 2.47 bits per heavy atom. The second-order valence-corrected chi connectivity index (χ2v) is 3.96. The molecule has 0 radical (unpaired) electrons. The van der Waals surface area contributed by atoms with Crippen LogP contribution in [-0.2, 0) is 11.2 Å². The van der Waals surface area contributed by atoms with E-state index in [9.17, 15) is 8.78 Å². The standard InChI is InChI=1S/C13H19F2NO/c1-3-7-17-9-10(16-2)8-11-12(14)5-4-6-13(11)15/h4-6,10,16H,3,7-9H2,1-2H3. The van der Waals surface area contributed by atoms with Crippen molar-refractivity contribution in [3.8, 4) is 0 Å². The van der Waals surface area contributed by atoms with Crippen LogP contribution < -0.4 is 5.32 Å². The minimum absolute atomic E-state index is 0.0760. The van der Waals surface area contributed by atoms with Gasteiger partial charge in [-0.25, -0.2) is 8.78 Å². The van der Waals surface area contributed by atoms with Gasteiger partial charge >= 0.3 is 0 Å². The summed E-state index contributed by atoms with van der Waals surface area (Å²) < 4.78 is 32.2. The van der Waals surface area contributed by atoms with Gasteiger partial charge in [-0.1, -0.05) is 13.0 Å².